The van der Waals surface area contributed by atoms with Gasteiger partial charge >= 0.3 is 0 Å². The minimum absolute atomic E-state index is 0.146. The Bertz CT molecular complexity index is 862. The molecule has 4 nitrogen and oxygen atoms in total. The Balaban J connectivity index is 1.68. The number of hydrogen-bond acceptors (Lipinski definition) is 5. The number of carbonyl (C=O) groups excluding carboxylic acids is 1. The quantitative estimate of drug-likeness (QED) is 0.506. The number of nitrogens with one attached hydrogen (secondary N) is 1. The second-order valence-electron chi connectivity index (χ2n) is 4.75. The molecule has 0 aliphatic carbocycles. The summed E-state index contributed by atoms with van der Waals surface area (Å²) < 4.78 is 0. The number of aromatic nitrogens is 2. The van der Waals surface area contributed by atoms with Crippen LogP contribution in [-0.2, 0) is 4.79 Å². The number of amides is 1. The third-order valence-corrected chi connectivity index (χ3v) is 5.30. The molecule has 118 valence electrons. The molecule has 2 heterocycles. The average molecular weight is 384 g/mol. The fraction of sp³-hybridized carbons (Fsp3) is 0.133. The van der Waals surface area contributed by atoms with E-state index in [4.69, 9.17) is 23.2 Å². The van der Waals surface area contributed by atoms with Gasteiger partial charge < -0.3 is 5.32 Å². The second kappa shape index (κ2) is 7.05. The van der Waals surface area contributed by atoms with E-state index in [1.165, 1.54) is 23.0 Å². The molecule has 0 fully saturated rings. The molecular weight excluding hydrogens is 373 g/mol. The Morgan fingerprint density at radius 1 is 1.22 bits per heavy atom. The van der Waals surface area contributed by atoms with Crippen molar-refractivity contribution >= 4 is 68.1 Å². The summed E-state index contributed by atoms with van der Waals surface area (Å²) >= 11 is 14.8. The zero-order valence-electron chi connectivity index (χ0n) is 12.0. The Labute approximate surface area is 151 Å². The van der Waals surface area contributed by atoms with E-state index in [0.29, 0.717) is 15.7 Å². The summed E-state index contributed by atoms with van der Waals surface area (Å²) in [6, 6.07) is 6.96. The number of aryl methyl sites for hydroxylation is 1. The van der Waals surface area contributed by atoms with Gasteiger partial charge in [0.15, 0.2) is 0 Å². The van der Waals surface area contributed by atoms with Crippen molar-refractivity contribution in [2.24, 2.45) is 0 Å². The number of fused-ring (bicyclic) bond motifs is 1. The maximum atomic E-state index is 12.1. The van der Waals surface area contributed by atoms with Crippen molar-refractivity contribution < 1.29 is 4.79 Å². The molecule has 2 aromatic heterocycles. The van der Waals surface area contributed by atoms with Gasteiger partial charge in [-0.25, -0.2) is 9.97 Å². The number of hydrogen-bond donors (Lipinski definition) is 1. The number of nitrogens with zero attached hydrogens (tertiary/aromatic N) is 2. The highest BCUT2D eigenvalue weighted by atomic mass is 35.5. The van der Waals surface area contributed by atoms with Crippen LogP contribution in [0, 0.1) is 6.92 Å². The van der Waals surface area contributed by atoms with E-state index in [1.54, 1.807) is 29.5 Å². The van der Waals surface area contributed by atoms with E-state index in [9.17, 15) is 4.79 Å². The van der Waals surface area contributed by atoms with Crippen LogP contribution in [0.3, 0.4) is 0 Å². The van der Waals surface area contributed by atoms with Gasteiger partial charge in [0.2, 0.25) is 5.91 Å². The van der Waals surface area contributed by atoms with Crippen molar-refractivity contribution in [3.8, 4) is 0 Å². The SMILES string of the molecule is Cc1cc2c(SCC(=O)Nc3cc(Cl)cc(Cl)c3)ncnc2s1. The first-order valence-electron chi connectivity index (χ1n) is 6.61. The van der Waals surface area contributed by atoms with Gasteiger partial charge in [-0.2, -0.15) is 0 Å². The van der Waals surface area contributed by atoms with Crippen molar-refractivity contribution in [1.29, 1.82) is 0 Å². The number of rotatable bonds is 4. The van der Waals surface area contributed by atoms with E-state index in [-0.39, 0.29) is 11.7 Å². The molecule has 0 bridgehead atoms. The molecule has 0 saturated heterocycles. The molecular formula is C15H11Cl2N3OS2. The first-order chi connectivity index (χ1) is 11.0. The predicted octanol–water partition coefficient (Wildman–Crippen LogP) is 5.04. The number of thioether (sulfide) groups is 1. The maximum Gasteiger partial charge on any atom is 0.234 e. The summed E-state index contributed by atoms with van der Waals surface area (Å²) in [6.45, 7) is 2.02. The topological polar surface area (TPSA) is 54.9 Å². The number of halogens is 2. The molecule has 0 aliphatic heterocycles. The lowest BCUT2D eigenvalue weighted by Crippen LogP contribution is -2.14. The Morgan fingerprint density at radius 3 is 2.70 bits per heavy atom. The molecule has 0 aliphatic rings. The van der Waals surface area contributed by atoms with Crippen LogP contribution in [0.25, 0.3) is 10.2 Å². The molecule has 0 unspecified atom stereocenters. The van der Waals surface area contributed by atoms with Crippen LogP contribution in [0.5, 0.6) is 0 Å². The number of benzene rings is 1. The lowest BCUT2D eigenvalue weighted by molar-refractivity contribution is -0.113. The monoisotopic (exact) mass is 383 g/mol. The van der Waals surface area contributed by atoms with Crippen molar-refractivity contribution in [1.82, 2.24) is 9.97 Å². The van der Waals surface area contributed by atoms with Gasteiger partial charge in [0.1, 0.15) is 16.2 Å². The Hall–Kier alpha value is -1.34. The number of carbonyl (C=O) groups is 1. The number of thiophene rings is 1. The predicted molar refractivity (Wildman–Crippen MR) is 98.0 cm³/mol. The standard InChI is InChI=1S/C15H11Cl2N3OS2/c1-8-2-12-14(18-7-19-15(12)23-8)22-6-13(21)20-11-4-9(16)3-10(17)5-11/h2-5,7H,6H2,1H3,(H,20,21). The smallest absolute Gasteiger partial charge is 0.234 e. The Kier molecular flexibility index (Phi) is 5.06. The van der Waals surface area contributed by atoms with Crippen molar-refractivity contribution in [2.45, 2.75) is 11.9 Å². The molecule has 0 spiro atoms. The van der Waals surface area contributed by atoms with Crippen LogP contribution in [0.1, 0.15) is 4.88 Å². The molecule has 3 aromatic rings. The van der Waals surface area contributed by atoms with E-state index in [0.717, 1.165) is 15.2 Å². The number of anilines is 1. The van der Waals surface area contributed by atoms with Gasteiger partial charge in [-0.05, 0) is 31.2 Å². The summed E-state index contributed by atoms with van der Waals surface area (Å²) in [7, 11) is 0. The van der Waals surface area contributed by atoms with Crippen molar-refractivity contribution in [3.63, 3.8) is 0 Å². The zero-order valence-corrected chi connectivity index (χ0v) is 15.1. The molecule has 1 amide bonds. The normalized spacial score (nSPS) is 10.9. The van der Waals surface area contributed by atoms with E-state index in [2.05, 4.69) is 15.3 Å². The highest BCUT2D eigenvalue weighted by molar-refractivity contribution is 8.00. The van der Waals surface area contributed by atoms with Crippen LogP contribution in [-0.4, -0.2) is 21.6 Å². The summed E-state index contributed by atoms with van der Waals surface area (Å²) in [5, 5.41) is 5.52. The van der Waals surface area contributed by atoms with Crippen LogP contribution >= 0.6 is 46.3 Å². The fourth-order valence-corrected chi connectivity index (χ4v) is 4.24. The minimum Gasteiger partial charge on any atom is -0.325 e. The third kappa shape index (κ3) is 4.14. The molecule has 8 heteroatoms. The molecule has 0 atom stereocenters. The van der Waals surface area contributed by atoms with Crippen LogP contribution in [0.15, 0.2) is 35.6 Å². The van der Waals surface area contributed by atoms with E-state index < -0.39 is 0 Å². The van der Waals surface area contributed by atoms with Gasteiger partial charge in [0, 0.05) is 26.0 Å². The summed E-state index contributed by atoms with van der Waals surface area (Å²) in [4.78, 5) is 22.7. The highest BCUT2D eigenvalue weighted by Gasteiger charge is 2.10. The molecule has 3 rings (SSSR count). The van der Waals surface area contributed by atoms with Gasteiger partial charge in [-0.15, -0.1) is 11.3 Å². The van der Waals surface area contributed by atoms with Gasteiger partial charge in [-0.3, -0.25) is 4.79 Å². The van der Waals surface area contributed by atoms with E-state index in [1.807, 2.05) is 13.0 Å². The van der Waals surface area contributed by atoms with Gasteiger partial charge in [-0.1, -0.05) is 35.0 Å². The first-order valence-corrected chi connectivity index (χ1v) is 9.17. The summed E-state index contributed by atoms with van der Waals surface area (Å²) in [5.74, 6) is 0.0950. The lowest BCUT2D eigenvalue weighted by atomic mass is 10.3. The highest BCUT2D eigenvalue weighted by Crippen LogP contribution is 2.30. The van der Waals surface area contributed by atoms with Crippen LogP contribution < -0.4 is 5.32 Å². The summed E-state index contributed by atoms with van der Waals surface area (Å²) in [5.41, 5.74) is 0.576. The van der Waals surface area contributed by atoms with E-state index >= 15 is 0 Å². The van der Waals surface area contributed by atoms with Gasteiger partial charge in [0.25, 0.3) is 0 Å². The molecule has 1 aromatic carbocycles. The largest absolute Gasteiger partial charge is 0.325 e. The maximum absolute atomic E-state index is 12.1. The fourth-order valence-electron chi connectivity index (χ4n) is 2.03. The molecule has 0 saturated carbocycles. The average Bonchev–Trinajstić information content (AvgIpc) is 2.84. The van der Waals surface area contributed by atoms with Crippen molar-refractivity contribution in [2.75, 3.05) is 11.1 Å². The van der Waals surface area contributed by atoms with Crippen LogP contribution in [0.4, 0.5) is 5.69 Å². The van der Waals surface area contributed by atoms with Crippen molar-refractivity contribution in [3.05, 3.63) is 45.5 Å². The van der Waals surface area contributed by atoms with Gasteiger partial charge in [0.05, 0.1) is 5.75 Å². The second-order valence-corrected chi connectivity index (χ2v) is 7.82. The Morgan fingerprint density at radius 2 is 1.96 bits per heavy atom. The third-order valence-electron chi connectivity index (χ3n) is 2.90. The minimum atomic E-state index is -0.146. The zero-order chi connectivity index (χ0) is 16.4. The lowest BCUT2D eigenvalue weighted by Gasteiger charge is -2.06. The molecule has 0 radical (unpaired) electrons. The van der Waals surface area contributed by atoms with Crippen LogP contribution in [0.2, 0.25) is 10.0 Å². The first kappa shape index (κ1) is 16.5. The molecule has 23 heavy (non-hydrogen) atoms. The molecule has 1 N–H and O–H groups in total. The summed E-state index contributed by atoms with van der Waals surface area (Å²) in [6.07, 6.45) is 1.52.